The Bertz CT molecular complexity index is 564. The number of benzene rings is 1. The lowest BCUT2D eigenvalue weighted by atomic mass is 10.1. The highest BCUT2D eigenvalue weighted by atomic mass is 16.5. The molecule has 0 saturated carbocycles. The van der Waals surface area contributed by atoms with Gasteiger partial charge in [0.05, 0.1) is 0 Å². The highest BCUT2D eigenvalue weighted by Crippen LogP contribution is 2.27. The predicted octanol–water partition coefficient (Wildman–Crippen LogP) is 3.31. The molecule has 2 aromatic rings. The summed E-state index contributed by atoms with van der Waals surface area (Å²) in [5.41, 5.74) is 1.69. The number of rotatable bonds is 5. The van der Waals surface area contributed by atoms with Gasteiger partial charge in [-0.15, -0.1) is 0 Å². The van der Waals surface area contributed by atoms with Gasteiger partial charge >= 0.3 is 0 Å². The second-order valence-corrected chi connectivity index (χ2v) is 5.42. The molecular formula is C16H22N2O. The smallest absolute Gasteiger partial charge is 0.146 e. The summed E-state index contributed by atoms with van der Waals surface area (Å²) in [6.45, 7) is 10.0. The summed E-state index contributed by atoms with van der Waals surface area (Å²) in [5, 5.41) is 4.44. The molecule has 0 radical (unpaired) electrons. The maximum absolute atomic E-state index is 6.15. The van der Waals surface area contributed by atoms with Crippen molar-refractivity contribution in [3.63, 3.8) is 0 Å². The number of nitrogens with zero attached hydrogens (tertiary/aromatic N) is 1. The Hall–Kier alpha value is -1.61. The Balaban J connectivity index is 2.32. The van der Waals surface area contributed by atoms with E-state index in [0.29, 0.717) is 0 Å². The zero-order valence-corrected chi connectivity index (χ0v) is 12.2. The molecule has 19 heavy (non-hydrogen) atoms. The van der Waals surface area contributed by atoms with Crippen LogP contribution < -0.4 is 10.1 Å². The number of fused-ring (bicyclic) bond motifs is 1. The summed E-state index contributed by atoms with van der Waals surface area (Å²) in [6.07, 6.45) is 0. The summed E-state index contributed by atoms with van der Waals surface area (Å²) in [4.78, 5) is 4.59. The minimum Gasteiger partial charge on any atom is -0.484 e. The summed E-state index contributed by atoms with van der Waals surface area (Å²) >= 11 is 0. The van der Waals surface area contributed by atoms with Crippen molar-refractivity contribution in [2.45, 2.75) is 33.3 Å². The lowest BCUT2D eigenvalue weighted by Gasteiger charge is -2.27. The number of aromatic nitrogens is 1. The third-order valence-electron chi connectivity index (χ3n) is 3.01. The van der Waals surface area contributed by atoms with Gasteiger partial charge in [0.1, 0.15) is 16.9 Å². The van der Waals surface area contributed by atoms with Crippen LogP contribution in [0.4, 0.5) is 0 Å². The van der Waals surface area contributed by atoms with Gasteiger partial charge < -0.3 is 10.1 Å². The summed E-state index contributed by atoms with van der Waals surface area (Å²) in [6, 6.07) is 10.2. The van der Waals surface area contributed by atoms with Gasteiger partial charge in [0.25, 0.3) is 0 Å². The standard InChI is InChI=1S/C16H22N2O/c1-5-17-11-16(3,4)19-14-8-6-7-13-10-9-12(2)18-15(13)14/h6-10,17H,5,11H2,1-4H3. The van der Waals surface area contributed by atoms with E-state index in [1.54, 1.807) is 0 Å². The normalized spacial score (nSPS) is 11.8. The molecule has 1 N–H and O–H groups in total. The van der Waals surface area contributed by atoms with Crippen molar-refractivity contribution in [1.82, 2.24) is 10.3 Å². The van der Waals surface area contributed by atoms with E-state index in [1.165, 1.54) is 0 Å². The Morgan fingerprint density at radius 3 is 2.74 bits per heavy atom. The zero-order valence-electron chi connectivity index (χ0n) is 12.2. The summed E-state index contributed by atoms with van der Waals surface area (Å²) in [7, 11) is 0. The lowest BCUT2D eigenvalue weighted by molar-refractivity contribution is 0.110. The van der Waals surface area contributed by atoms with Crippen molar-refractivity contribution >= 4 is 10.9 Å². The molecule has 2 rings (SSSR count). The molecule has 1 heterocycles. The molecule has 0 aliphatic heterocycles. The van der Waals surface area contributed by atoms with Crippen LogP contribution in [0.25, 0.3) is 10.9 Å². The minimum absolute atomic E-state index is 0.254. The van der Waals surface area contributed by atoms with Gasteiger partial charge in [-0.05, 0) is 39.4 Å². The monoisotopic (exact) mass is 258 g/mol. The largest absolute Gasteiger partial charge is 0.484 e. The number of ether oxygens (including phenoxy) is 1. The van der Waals surface area contributed by atoms with E-state index in [-0.39, 0.29) is 5.60 Å². The number of para-hydroxylation sites is 1. The lowest BCUT2D eigenvalue weighted by Crippen LogP contribution is -2.40. The van der Waals surface area contributed by atoms with Crippen LogP contribution in [0.3, 0.4) is 0 Å². The third-order valence-corrected chi connectivity index (χ3v) is 3.01. The topological polar surface area (TPSA) is 34.1 Å². The van der Waals surface area contributed by atoms with Gasteiger partial charge in [0.15, 0.2) is 0 Å². The van der Waals surface area contributed by atoms with Crippen LogP contribution in [0.5, 0.6) is 5.75 Å². The quantitative estimate of drug-likeness (QED) is 0.893. The van der Waals surface area contributed by atoms with Crippen molar-refractivity contribution in [2.75, 3.05) is 13.1 Å². The van der Waals surface area contributed by atoms with Crippen LogP contribution in [0, 0.1) is 6.92 Å². The molecule has 0 amide bonds. The fourth-order valence-corrected chi connectivity index (χ4v) is 2.06. The number of nitrogens with one attached hydrogen (secondary N) is 1. The van der Waals surface area contributed by atoms with Gasteiger partial charge in [0, 0.05) is 17.6 Å². The molecule has 3 nitrogen and oxygen atoms in total. The Morgan fingerprint density at radius 1 is 1.21 bits per heavy atom. The molecule has 1 aromatic carbocycles. The van der Waals surface area contributed by atoms with Crippen LogP contribution in [0.15, 0.2) is 30.3 Å². The van der Waals surface area contributed by atoms with Crippen molar-refractivity contribution in [2.24, 2.45) is 0 Å². The molecule has 1 aromatic heterocycles. The van der Waals surface area contributed by atoms with Crippen LogP contribution in [0.2, 0.25) is 0 Å². The highest BCUT2D eigenvalue weighted by molar-refractivity contribution is 5.84. The fourth-order valence-electron chi connectivity index (χ4n) is 2.06. The Morgan fingerprint density at radius 2 is 2.00 bits per heavy atom. The summed E-state index contributed by atoms with van der Waals surface area (Å²) < 4.78 is 6.15. The number of pyridine rings is 1. The van der Waals surface area contributed by atoms with E-state index in [9.17, 15) is 0 Å². The first-order valence-corrected chi connectivity index (χ1v) is 6.78. The second-order valence-electron chi connectivity index (χ2n) is 5.42. The maximum atomic E-state index is 6.15. The van der Waals surface area contributed by atoms with Crippen molar-refractivity contribution < 1.29 is 4.74 Å². The second kappa shape index (κ2) is 5.57. The van der Waals surface area contributed by atoms with Gasteiger partial charge in [-0.3, -0.25) is 0 Å². The van der Waals surface area contributed by atoms with Gasteiger partial charge in [-0.25, -0.2) is 4.98 Å². The Labute approximate surface area is 115 Å². The average molecular weight is 258 g/mol. The van der Waals surface area contributed by atoms with Crippen molar-refractivity contribution in [1.29, 1.82) is 0 Å². The molecule has 102 valence electrons. The molecule has 0 unspecified atom stereocenters. The van der Waals surface area contributed by atoms with Crippen molar-refractivity contribution in [3.8, 4) is 5.75 Å². The number of aryl methyl sites for hydroxylation is 1. The van der Waals surface area contributed by atoms with E-state index in [4.69, 9.17) is 4.74 Å². The Kier molecular flexibility index (Phi) is 4.05. The van der Waals surface area contributed by atoms with E-state index in [0.717, 1.165) is 35.4 Å². The van der Waals surface area contributed by atoms with Gasteiger partial charge in [0.2, 0.25) is 0 Å². The summed E-state index contributed by atoms with van der Waals surface area (Å²) in [5.74, 6) is 0.851. The molecule has 0 fully saturated rings. The molecular weight excluding hydrogens is 236 g/mol. The van der Waals surface area contributed by atoms with Gasteiger partial charge in [-0.1, -0.05) is 25.1 Å². The molecule has 0 spiro atoms. The first kappa shape index (κ1) is 13.8. The maximum Gasteiger partial charge on any atom is 0.146 e. The van der Waals surface area contributed by atoms with E-state index < -0.39 is 0 Å². The molecule has 3 heteroatoms. The molecule has 0 bridgehead atoms. The SMILES string of the molecule is CCNCC(C)(C)Oc1cccc2ccc(C)nc12. The van der Waals surface area contributed by atoms with Gasteiger partial charge in [-0.2, -0.15) is 0 Å². The minimum atomic E-state index is -0.254. The highest BCUT2D eigenvalue weighted by Gasteiger charge is 2.20. The first-order valence-electron chi connectivity index (χ1n) is 6.78. The molecule has 0 aliphatic carbocycles. The zero-order chi connectivity index (χ0) is 13.9. The average Bonchev–Trinajstić information content (AvgIpc) is 2.37. The fraction of sp³-hybridized carbons (Fsp3) is 0.438. The van der Waals surface area contributed by atoms with Crippen LogP contribution >= 0.6 is 0 Å². The van der Waals surface area contributed by atoms with E-state index >= 15 is 0 Å². The van der Waals surface area contributed by atoms with Crippen LogP contribution in [-0.2, 0) is 0 Å². The number of likely N-dealkylation sites (N-methyl/N-ethyl adjacent to an activating group) is 1. The van der Waals surface area contributed by atoms with Crippen LogP contribution in [0.1, 0.15) is 26.5 Å². The number of hydrogen-bond acceptors (Lipinski definition) is 3. The van der Waals surface area contributed by atoms with Crippen molar-refractivity contribution in [3.05, 3.63) is 36.0 Å². The van der Waals surface area contributed by atoms with E-state index in [2.05, 4.69) is 43.2 Å². The number of hydrogen-bond donors (Lipinski definition) is 1. The molecule has 0 saturated heterocycles. The third kappa shape index (κ3) is 3.44. The molecule has 0 aliphatic rings. The predicted molar refractivity (Wildman–Crippen MR) is 79.7 cm³/mol. The van der Waals surface area contributed by atoms with Crippen LogP contribution in [-0.4, -0.2) is 23.7 Å². The first-order chi connectivity index (χ1) is 9.02. The molecule has 0 atom stereocenters. The van der Waals surface area contributed by atoms with E-state index in [1.807, 2.05) is 25.1 Å².